The summed E-state index contributed by atoms with van der Waals surface area (Å²) in [4.78, 5) is 14.6. The highest BCUT2D eigenvalue weighted by Gasteiger charge is 2.37. The molecule has 0 radical (unpaired) electrons. The lowest BCUT2D eigenvalue weighted by atomic mass is 9.78. The summed E-state index contributed by atoms with van der Waals surface area (Å²) in [7, 11) is 0. The molecule has 2 saturated heterocycles. The molecule has 0 aliphatic carbocycles. The quantitative estimate of drug-likeness (QED) is 0.928. The number of hydrogen-bond donors (Lipinski definition) is 1. The van der Waals surface area contributed by atoms with E-state index in [0.717, 1.165) is 56.1 Å². The summed E-state index contributed by atoms with van der Waals surface area (Å²) >= 11 is 0. The molecule has 2 aliphatic heterocycles. The fourth-order valence-electron chi connectivity index (χ4n) is 4.11. The number of carbonyl (C=O) groups excluding carboxylic acids is 1. The lowest BCUT2D eigenvalue weighted by Gasteiger charge is -2.38. The van der Waals surface area contributed by atoms with Gasteiger partial charge in [-0.1, -0.05) is 30.3 Å². The molecule has 3 heterocycles. The first-order valence-electron chi connectivity index (χ1n) is 9.37. The topological polar surface area (TPSA) is 45.5 Å². The van der Waals surface area contributed by atoms with Crippen molar-refractivity contribution in [1.82, 2.24) is 10.2 Å². The maximum Gasteiger partial charge on any atom is 0.223 e. The van der Waals surface area contributed by atoms with Crippen molar-refractivity contribution < 1.29 is 9.21 Å². The minimum absolute atomic E-state index is 0.262. The highest BCUT2D eigenvalue weighted by molar-refractivity contribution is 5.76. The average Bonchev–Trinajstić information content (AvgIpc) is 3.31. The van der Waals surface area contributed by atoms with Crippen molar-refractivity contribution >= 4 is 5.91 Å². The number of carbonyl (C=O) groups is 1. The number of benzene rings is 1. The number of amides is 1. The van der Waals surface area contributed by atoms with E-state index in [4.69, 9.17) is 4.42 Å². The van der Waals surface area contributed by atoms with E-state index in [1.807, 2.05) is 47.4 Å². The van der Waals surface area contributed by atoms with Gasteiger partial charge in [0.1, 0.15) is 11.5 Å². The molecule has 0 unspecified atom stereocenters. The molecular formula is C21H26N2O2. The molecule has 2 aromatic rings. The third kappa shape index (κ3) is 3.64. The zero-order valence-corrected chi connectivity index (χ0v) is 14.7. The van der Waals surface area contributed by atoms with Gasteiger partial charge in [-0.2, -0.15) is 0 Å². The van der Waals surface area contributed by atoms with E-state index < -0.39 is 0 Å². The molecule has 1 aromatic carbocycles. The molecule has 4 nitrogen and oxygen atoms in total. The molecule has 1 amide bonds. The third-order valence-electron chi connectivity index (χ3n) is 5.81. The highest BCUT2D eigenvalue weighted by atomic mass is 16.3. The molecule has 1 N–H and O–H groups in total. The Morgan fingerprint density at radius 1 is 1.08 bits per heavy atom. The van der Waals surface area contributed by atoms with Crippen LogP contribution in [0, 0.1) is 5.41 Å². The second-order valence-electron chi connectivity index (χ2n) is 7.44. The minimum atomic E-state index is 0.262. The Hall–Kier alpha value is -2.07. The summed E-state index contributed by atoms with van der Waals surface area (Å²) in [5.74, 6) is 2.02. The zero-order chi connectivity index (χ0) is 17.1. The largest absolute Gasteiger partial charge is 0.461 e. The molecule has 25 heavy (non-hydrogen) atoms. The van der Waals surface area contributed by atoms with Crippen LogP contribution in [0.4, 0.5) is 0 Å². The minimum Gasteiger partial charge on any atom is -0.461 e. The lowest BCUT2D eigenvalue weighted by molar-refractivity contribution is -0.133. The zero-order valence-electron chi connectivity index (χ0n) is 14.7. The van der Waals surface area contributed by atoms with Crippen LogP contribution in [0.2, 0.25) is 0 Å². The third-order valence-corrected chi connectivity index (χ3v) is 5.81. The van der Waals surface area contributed by atoms with Crippen molar-refractivity contribution in [2.75, 3.05) is 26.2 Å². The Morgan fingerprint density at radius 2 is 1.88 bits per heavy atom. The molecule has 4 heteroatoms. The van der Waals surface area contributed by atoms with Gasteiger partial charge in [0.05, 0.1) is 0 Å². The van der Waals surface area contributed by atoms with Crippen molar-refractivity contribution in [3.63, 3.8) is 0 Å². The van der Waals surface area contributed by atoms with Crippen LogP contribution < -0.4 is 5.32 Å². The second kappa shape index (κ2) is 7.04. The van der Waals surface area contributed by atoms with E-state index in [9.17, 15) is 4.79 Å². The van der Waals surface area contributed by atoms with E-state index >= 15 is 0 Å². The lowest BCUT2D eigenvalue weighted by Crippen LogP contribution is -2.44. The number of hydrogen-bond acceptors (Lipinski definition) is 3. The first-order valence-corrected chi connectivity index (χ1v) is 9.37. The number of nitrogens with zero attached hydrogens (tertiary/aromatic N) is 1. The van der Waals surface area contributed by atoms with Crippen LogP contribution in [0.15, 0.2) is 46.9 Å². The average molecular weight is 338 g/mol. The van der Waals surface area contributed by atoms with Gasteiger partial charge in [0.15, 0.2) is 0 Å². The molecule has 0 bridgehead atoms. The van der Waals surface area contributed by atoms with Gasteiger partial charge in [0.2, 0.25) is 5.91 Å². The summed E-state index contributed by atoms with van der Waals surface area (Å²) < 4.78 is 5.90. The standard InChI is InChI=1S/C21H26N2O2/c24-20(23-14-11-21(12-15-23)10-13-22-16-21)9-7-18-6-8-19(25-18)17-4-2-1-3-5-17/h1-6,8,22H,7,9-16H2. The molecule has 0 saturated carbocycles. The van der Waals surface area contributed by atoms with Crippen molar-refractivity contribution in [1.29, 1.82) is 0 Å². The SMILES string of the molecule is O=C(CCc1ccc(-c2ccccc2)o1)N1CCC2(CCNC2)CC1. The molecule has 4 rings (SSSR count). The van der Waals surface area contributed by atoms with Gasteiger partial charge in [-0.15, -0.1) is 0 Å². The van der Waals surface area contributed by atoms with E-state index in [1.54, 1.807) is 0 Å². The number of furan rings is 1. The van der Waals surface area contributed by atoms with E-state index in [2.05, 4.69) is 5.32 Å². The summed E-state index contributed by atoms with van der Waals surface area (Å²) in [6, 6.07) is 14.1. The van der Waals surface area contributed by atoms with Gasteiger partial charge < -0.3 is 14.6 Å². The van der Waals surface area contributed by atoms with Gasteiger partial charge in [0, 0.05) is 38.0 Å². The first kappa shape index (κ1) is 16.4. The van der Waals surface area contributed by atoms with Crippen LogP contribution in [0.25, 0.3) is 11.3 Å². The highest BCUT2D eigenvalue weighted by Crippen LogP contribution is 2.37. The molecular weight excluding hydrogens is 312 g/mol. The van der Waals surface area contributed by atoms with Gasteiger partial charge in [-0.05, 0) is 43.4 Å². The monoisotopic (exact) mass is 338 g/mol. The summed E-state index contributed by atoms with van der Waals surface area (Å²) in [5, 5.41) is 3.47. The molecule has 132 valence electrons. The predicted molar refractivity (Wildman–Crippen MR) is 98.2 cm³/mol. The van der Waals surface area contributed by atoms with Crippen LogP contribution in [0.3, 0.4) is 0 Å². The number of piperidine rings is 1. The maximum absolute atomic E-state index is 12.5. The number of nitrogens with one attached hydrogen (secondary N) is 1. The van der Waals surface area contributed by atoms with Crippen molar-refractivity contribution in [3.05, 3.63) is 48.2 Å². The molecule has 0 atom stereocenters. The van der Waals surface area contributed by atoms with Gasteiger partial charge >= 0.3 is 0 Å². The Balaban J connectivity index is 1.29. The smallest absolute Gasteiger partial charge is 0.223 e. The fourth-order valence-corrected chi connectivity index (χ4v) is 4.11. The van der Waals surface area contributed by atoms with E-state index in [1.165, 1.54) is 6.42 Å². The van der Waals surface area contributed by atoms with Crippen molar-refractivity contribution in [2.45, 2.75) is 32.1 Å². The van der Waals surface area contributed by atoms with E-state index in [0.29, 0.717) is 18.3 Å². The molecule has 1 spiro atoms. The molecule has 2 aliphatic rings. The van der Waals surface area contributed by atoms with Gasteiger partial charge in [-0.25, -0.2) is 0 Å². The predicted octanol–water partition coefficient (Wildman–Crippen LogP) is 3.48. The number of aryl methyl sites for hydroxylation is 1. The molecule has 1 aromatic heterocycles. The Bertz CT molecular complexity index is 707. The molecule has 2 fully saturated rings. The van der Waals surface area contributed by atoms with Crippen molar-refractivity contribution in [2.24, 2.45) is 5.41 Å². The number of rotatable bonds is 4. The second-order valence-corrected chi connectivity index (χ2v) is 7.44. The van der Waals surface area contributed by atoms with Crippen molar-refractivity contribution in [3.8, 4) is 11.3 Å². The summed E-state index contributed by atoms with van der Waals surface area (Å²) in [6.45, 7) is 4.09. The van der Waals surface area contributed by atoms with Crippen LogP contribution in [0.5, 0.6) is 0 Å². The van der Waals surface area contributed by atoms with E-state index in [-0.39, 0.29) is 5.91 Å². The Labute approximate surface area is 149 Å². The van der Waals surface area contributed by atoms with Gasteiger partial charge in [-0.3, -0.25) is 4.79 Å². The van der Waals surface area contributed by atoms with Crippen LogP contribution in [0.1, 0.15) is 31.4 Å². The fraction of sp³-hybridized carbons (Fsp3) is 0.476. The van der Waals surface area contributed by atoms with Gasteiger partial charge in [0.25, 0.3) is 0 Å². The maximum atomic E-state index is 12.5. The normalized spacial score (nSPS) is 19.4. The summed E-state index contributed by atoms with van der Waals surface area (Å²) in [6.07, 6.45) is 4.76. The summed E-state index contributed by atoms with van der Waals surface area (Å²) in [5.41, 5.74) is 1.54. The van der Waals surface area contributed by atoms with Crippen LogP contribution >= 0.6 is 0 Å². The van der Waals surface area contributed by atoms with Crippen LogP contribution in [-0.4, -0.2) is 37.0 Å². The van der Waals surface area contributed by atoms with Crippen LogP contribution in [-0.2, 0) is 11.2 Å². The Morgan fingerprint density at radius 3 is 2.60 bits per heavy atom. The Kier molecular flexibility index (Phi) is 4.62. The first-order chi connectivity index (χ1) is 12.2. The number of likely N-dealkylation sites (tertiary alicyclic amines) is 1.